The number of fused-ring (bicyclic) bond motifs is 1. The van der Waals surface area contributed by atoms with Gasteiger partial charge in [0.15, 0.2) is 17.5 Å². The van der Waals surface area contributed by atoms with Crippen LogP contribution in [0.2, 0.25) is 5.02 Å². The Bertz CT molecular complexity index is 1100. The Morgan fingerprint density at radius 3 is 2.97 bits per heavy atom. The second-order valence-corrected chi connectivity index (χ2v) is 8.37. The van der Waals surface area contributed by atoms with Crippen molar-refractivity contribution in [2.75, 3.05) is 18.4 Å². The van der Waals surface area contributed by atoms with Crippen LogP contribution in [0.3, 0.4) is 0 Å². The number of anilines is 1. The molecule has 1 saturated heterocycles. The highest BCUT2D eigenvalue weighted by Crippen LogP contribution is 2.29. The van der Waals surface area contributed by atoms with Crippen LogP contribution >= 0.6 is 11.6 Å². The second kappa shape index (κ2) is 7.81. The first-order valence-electron chi connectivity index (χ1n) is 9.66. The number of carboxylic acid groups (broad SMARTS) is 1. The Hall–Kier alpha value is -2.78. The summed E-state index contributed by atoms with van der Waals surface area (Å²) in [5, 5.41) is 13.9. The van der Waals surface area contributed by atoms with Gasteiger partial charge in [-0.2, -0.15) is 0 Å². The highest BCUT2D eigenvalue weighted by Gasteiger charge is 2.37. The molecule has 158 valence electrons. The van der Waals surface area contributed by atoms with Gasteiger partial charge < -0.3 is 15.4 Å². The molecule has 0 saturated carbocycles. The number of piperidine rings is 1. The summed E-state index contributed by atoms with van der Waals surface area (Å²) in [5.74, 6) is -1.02. The number of hydrogen-bond donors (Lipinski definition) is 3. The minimum atomic E-state index is -0.994. The molecule has 1 fully saturated rings. The molecule has 0 radical (unpaired) electrons. The second-order valence-electron chi connectivity index (χ2n) is 7.94. The fourth-order valence-corrected chi connectivity index (χ4v) is 3.85. The van der Waals surface area contributed by atoms with Crippen molar-refractivity contribution in [2.45, 2.75) is 38.3 Å². The van der Waals surface area contributed by atoms with Gasteiger partial charge >= 0.3 is 5.97 Å². The van der Waals surface area contributed by atoms with Crippen molar-refractivity contribution in [1.82, 2.24) is 24.8 Å². The Morgan fingerprint density at radius 2 is 2.20 bits per heavy atom. The SMILES string of the molecule is CC(C)(C(=O)O)N1CCCC(Nc2nc(-c3c[nH]c4ncc(Cl)cc34)ncc2F)C1. The molecule has 1 atom stereocenters. The van der Waals surface area contributed by atoms with E-state index in [9.17, 15) is 14.3 Å². The van der Waals surface area contributed by atoms with Crippen LogP contribution in [0.25, 0.3) is 22.4 Å². The van der Waals surface area contributed by atoms with Gasteiger partial charge in [0.25, 0.3) is 0 Å². The highest BCUT2D eigenvalue weighted by molar-refractivity contribution is 6.31. The van der Waals surface area contributed by atoms with Crippen molar-refractivity contribution in [3.05, 3.63) is 35.5 Å². The van der Waals surface area contributed by atoms with Crippen LogP contribution < -0.4 is 5.32 Å². The van der Waals surface area contributed by atoms with Crippen LogP contribution in [0.4, 0.5) is 10.2 Å². The van der Waals surface area contributed by atoms with Gasteiger partial charge in [-0.05, 0) is 39.3 Å². The smallest absolute Gasteiger partial charge is 0.323 e. The summed E-state index contributed by atoms with van der Waals surface area (Å²) in [7, 11) is 0. The molecule has 0 aliphatic carbocycles. The summed E-state index contributed by atoms with van der Waals surface area (Å²) in [6, 6.07) is 1.62. The van der Waals surface area contributed by atoms with Crippen molar-refractivity contribution in [3.63, 3.8) is 0 Å². The van der Waals surface area contributed by atoms with Crippen molar-refractivity contribution >= 4 is 34.4 Å². The fourth-order valence-electron chi connectivity index (χ4n) is 3.69. The van der Waals surface area contributed by atoms with E-state index in [0.717, 1.165) is 24.4 Å². The molecule has 30 heavy (non-hydrogen) atoms. The van der Waals surface area contributed by atoms with Gasteiger partial charge in [0, 0.05) is 35.9 Å². The van der Waals surface area contributed by atoms with Gasteiger partial charge in [0.1, 0.15) is 11.2 Å². The zero-order valence-electron chi connectivity index (χ0n) is 16.6. The van der Waals surface area contributed by atoms with Crippen LogP contribution in [0.1, 0.15) is 26.7 Å². The third-order valence-electron chi connectivity index (χ3n) is 5.56. The van der Waals surface area contributed by atoms with Gasteiger partial charge in [0.2, 0.25) is 0 Å². The maximum Gasteiger partial charge on any atom is 0.323 e. The van der Waals surface area contributed by atoms with E-state index in [1.165, 1.54) is 6.20 Å². The number of halogens is 2. The number of aromatic nitrogens is 4. The number of hydrogen-bond acceptors (Lipinski definition) is 6. The van der Waals surface area contributed by atoms with Crippen molar-refractivity contribution in [1.29, 1.82) is 0 Å². The number of carboxylic acids is 1. The molecule has 0 aromatic carbocycles. The average molecular weight is 433 g/mol. The van der Waals surface area contributed by atoms with Crippen LogP contribution in [0.15, 0.2) is 24.7 Å². The van der Waals surface area contributed by atoms with E-state index in [0.29, 0.717) is 35.1 Å². The number of pyridine rings is 1. The number of aliphatic carboxylic acids is 1. The van der Waals surface area contributed by atoms with Gasteiger partial charge in [0.05, 0.1) is 11.2 Å². The quantitative estimate of drug-likeness (QED) is 0.565. The minimum absolute atomic E-state index is 0.0873. The number of likely N-dealkylation sites (tertiary alicyclic amines) is 1. The summed E-state index contributed by atoms with van der Waals surface area (Å²) in [6.45, 7) is 4.51. The molecule has 0 amide bonds. The molecule has 1 unspecified atom stereocenters. The minimum Gasteiger partial charge on any atom is -0.480 e. The van der Waals surface area contributed by atoms with Crippen molar-refractivity contribution in [3.8, 4) is 11.4 Å². The molecular weight excluding hydrogens is 411 g/mol. The number of carbonyl (C=O) groups is 1. The molecule has 0 spiro atoms. The lowest BCUT2D eigenvalue weighted by Crippen LogP contribution is -2.56. The molecule has 4 rings (SSSR count). The van der Waals surface area contributed by atoms with Crippen LogP contribution in [-0.2, 0) is 4.79 Å². The van der Waals surface area contributed by atoms with Gasteiger partial charge in [-0.15, -0.1) is 0 Å². The van der Waals surface area contributed by atoms with E-state index in [-0.39, 0.29) is 11.9 Å². The van der Waals surface area contributed by atoms with Crippen LogP contribution in [0, 0.1) is 5.82 Å². The van der Waals surface area contributed by atoms with E-state index < -0.39 is 17.3 Å². The largest absolute Gasteiger partial charge is 0.480 e. The molecule has 3 aromatic heterocycles. The lowest BCUT2D eigenvalue weighted by atomic mass is 9.96. The van der Waals surface area contributed by atoms with E-state index in [2.05, 4.69) is 25.3 Å². The molecule has 1 aliphatic rings. The van der Waals surface area contributed by atoms with E-state index in [1.807, 2.05) is 4.90 Å². The normalized spacial score (nSPS) is 17.9. The summed E-state index contributed by atoms with van der Waals surface area (Å²) in [5.41, 5.74) is 0.308. The highest BCUT2D eigenvalue weighted by atomic mass is 35.5. The molecule has 4 heterocycles. The van der Waals surface area contributed by atoms with E-state index in [4.69, 9.17) is 11.6 Å². The molecule has 3 N–H and O–H groups in total. The molecular formula is C20H22ClFN6O2. The average Bonchev–Trinajstić information content (AvgIpc) is 3.13. The number of rotatable bonds is 5. The van der Waals surface area contributed by atoms with Crippen molar-refractivity contribution in [2.24, 2.45) is 0 Å². The van der Waals surface area contributed by atoms with Crippen LogP contribution in [0.5, 0.6) is 0 Å². The maximum absolute atomic E-state index is 14.5. The maximum atomic E-state index is 14.5. The molecule has 8 nitrogen and oxygen atoms in total. The first-order chi connectivity index (χ1) is 14.3. The Kier molecular flexibility index (Phi) is 5.33. The topological polar surface area (TPSA) is 107 Å². The number of H-pyrrole nitrogens is 1. The summed E-state index contributed by atoms with van der Waals surface area (Å²) in [6.07, 6.45) is 5.97. The lowest BCUT2D eigenvalue weighted by Gasteiger charge is -2.41. The van der Waals surface area contributed by atoms with Gasteiger partial charge in [-0.1, -0.05) is 11.6 Å². The first-order valence-corrected chi connectivity index (χ1v) is 10.0. The number of nitrogens with one attached hydrogen (secondary N) is 2. The molecule has 1 aliphatic heterocycles. The number of nitrogens with zero attached hydrogens (tertiary/aromatic N) is 4. The predicted octanol–water partition coefficient (Wildman–Crippen LogP) is 3.55. The Morgan fingerprint density at radius 1 is 1.40 bits per heavy atom. The van der Waals surface area contributed by atoms with Gasteiger partial charge in [-0.25, -0.2) is 19.3 Å². The standard InChI is InChI=1S/C20H22ClFN6O2/c1-20(2,19(29)30)28-5-3-4-12(10-28)26-18-15(22)9-25-17(27-18)14-8-24-16-13(14)6-11(21)7-23-16/h6-9,12H,3-5,10H2,1-2H3,(H,23,24)(H,29,30)(H,25,26,27). The first kappa shape index (κ1) is 20.5. The summed E-state index contributed by atoms with van der Waals surface area (Å²) < 4.78 is 14.5. The Labute approximate surface area is 177 Å². The van der Waals surface area contributed by atoms with Crippen molar-refractivity contribution < 1.29 is 14.3 Å². The van der Waals surface area contributed by atoms with E-state index in [1.54, 1.807) is 26.1 Å². The third kappa shape index (κ3) is 3.82. The predicted molar refractivity (Wildman–Crippen MR) is 112 cm³/mol. The number of aromatic amines is 1. The van der Waals surface area contributed by atoms with Gasteiger partial charge in [-0.3, -0.25) is 9.69 Å². The molecule has 10 heteroatoms. The third-order valence-corrected chi connectivity index (χ3v) is 5.77. The summed E-state index contributed by atoms with van der Waals surface area (Å²) >= 11 is 6.06. The fraction of sp³-hybridized carbons (Fsp3) is 0.400. The zero-order chi connectivity index (χ0) is 21.5. The Balaban J connectivity index is 1.59. The molecule has 3 aromatic rings. The zero-order valence-corrected chi connectivity index (χ0v) is 17.4. The lowest BCUT2D eigenvalue weighted by molar-refractivity contribution is -0.150. The monoisotopic (exact) mass is 432 g/mol. The summed E-state index contributed by atoms with van der Waals surface area (Å²) in [4.78, 5) is 29.2. The van der Waals surface area contributed by atoms with Crippen LogP contribution in [-0.4, -0.2) is 60.6 Å². The van der Waals surface area contributed by atoms with E-state index >= 15 is 0 Å². The molecule has 0 bridgehead atoms.